The van der Waals surface area contributed by atoms with Crippen LogP contribution in [0.1, 0.15) is 20.7 Å². The summed E-state index contributed by atoms with van der Waals surface area (Å²) >= 11 is 0. The molecular formula is C12H9BN2O4. The standard InChI is InChI=1S/C12H9BN2O4/c1-13(7-14)6-10(16)19-15-11(17)8-4-2-3-5-9(8)12(15)18/h2-5H,6H2,1H3. The number of nitriles is 1. The summed E-state index contributed by atoms with van der Waals surface area (Å²) in [6, 6.07) is 6.21. The molecular weight excluding hydrogens is 247 g/mol. The minimum absolute atomic E-state index is 0.177. The molecule has 2 rings (SSSR count). The molecule has 0 spiro atoms. The van der Waals surface area contributed by atoms with E-state index in [9.17, 15) is 14.4 Å². The van der Waals surface area contributed by atoms with Crippen LogP contribution < -0.4 is 0 Å². The SMILES string of the molecule is CB(C#N)CC(=O)ON1C(=O)c2ccccc2C1=O. The highest BCUT2D eigenvalue weighted by Gasteiger charge is 2.38. The summed E-state index contributed by atoms with van der Waals surface area (Å²) in [7, 11) is 0. The summed E-state index contributed by atoms with van der Waals surface area (Å²) in [6.45, 7) is 1.01. The molecule has 1 aliphatic rings. The maximum Gasteiger partial charge on any atom is 0.327 e. The molecule has 1 heterocycles. The number of imide groups is 1. The summed E-state index contributed by atoms with van der Waals surface area (Å²) in [6.07, 6.45) is -0.177. The van der Waals surface area contributed by atoms with E-state index < -0.39 is 24.5 Å². The molecule has 94 valence electrons. The number of hydrogen-bond donors (Lipinski definition) is 0. The molecule has 0 saturated heterocycles. The van der Waals surface area contributed by atoms with Gasteiger partial charge in [0.1, 0.15) is 0 Å². The molecule has 2 amide bonds. The highest BCUT2D eigenvalue weighted by atomic mass is 16.7. The number of amides is 2. The third-order valence-electron chi connectivity index (χ3n) is 2.64. The average Bonchev–Trinajstić information content (AvgIpc) is 2.64. The van der Waals surface area contributed by atoms with Gasteiger partial charge in [-0.1, -0.05) is 24.0 Å². The van der Waals surface area contributed by atoms with Crippen LogP contribution in [0.4, 0.5) is 0 Å². The molecule has 0 bridgehead atoms. The van der Waals surface area contributed by atoms with Crippen LogP contribution in [0.3, 0.4) is 0 Å². The largest absolute Gasteiger partial charge is 0.331 e. The van der Waals surface area contributed by atoms with Crippen LogP contribution in [0.5, 0.6) is 0 Å². The Hall–Kier alpha value is -2.62. The van der Waals surface area contributed by atoms with Crippen molar-refractivity contribution >= 4 is 24.5 Å². The highest BCUT2D eigenvalue weighted by Crippen LogP contribution is 2.22. The van der Waals surface area contributed by atoms with Crippen LogP contribution >= 0.6 is 0 Å². The highest BCUT2D eigenvalue weighted by molar-refractivity contribution is 6.68. The maximum absolute atomic E-state index is 11.9. The molecule has 0 radical (unpaired) electrons. The Morgan fingerprint density at radius 2 is 1.84 bits per heavy atom. The zero-order valence-electron chi connectivity index (χ0n) is 10.1. The van der Waals surface area contributed by atoms with Gasteiger partial charge in [0.25, 0.3) is 18.5 Å². The Morgan fingerprint density at radius 1 is 1.32 bits per heavy atom. The van der Waals surface area contributed by atoms with E-state index in [0.717, 1.165) is 0 Å². The number of fused-ring (bicyclic) bond motifs is 1. The zero-order chi connectivity index (χ0) is 14.0. The van der Waals surface area contributed by atoms with Crippen molar-refractivity contribution in [1.82, 2.24) is 5.06 Å². The van der Waals surface area contributed by atoms with E-state index in [-0.39, 0.29) is 17.4 Å². The van der Waals surface area contributed by atoms with Crippen LogP contribution in [-0.4, -0.2) is 29.6 Å². The molecule has 1 aromatic rings. The Bertz CT molecular complexity index is 573. The van der Waals surface area contributed by atoms with Gasteiger partial charge in [-0.25, -0.2) is 5.26 Å². The predicted molar refractivity (Wildman–Crippen MR) is 65.1 cm³/mol. The third-order valence-corrected chi connectivity index (χ3v) is 2.64. The summed E-state index contributed by atoms with van der Waals surface area (Å²) < 4.78 is 0. The zero-order valence-corrected chi connectivity index (χ0v) is 10.1. The monoisotopic (exact) mass is 256 g/mol. The normalized spacial score (nSPS) is 12.9. The number of hydrogen-bond acceptors (Lipinski definition) is 5. The van der Waals surface area contributed by atoms with Crippen molar-refractivity contribution in [2.45, 2.75) is 13.1 Å². The molecule has 0 saturated carbocycles. The minimum Gasteiger partial charge on any atom is -0.331 e. The van der Waals surface area contributed by atoms with E-state index in [2.05, 4.69) is 0 Å². The van der Waals surface area contributed by atoms with Gasteiger partial charge in [0.05, 0.1) is 11.1 Å². The van der Waals surface area contributed by atoms with E-state index in [4.69, 9.17) is 10.1 Å². The van der Waals surface area contributed by atoms with Gasteiger partial charge in [-0.2, -0.15) is 0 Å². The predicted octanol–water partition coefficient (Wildman–Crippen LogP) is 0.928. The second-order valence-electron chi connectivity index (χ2n) is 4.15. The molecule has 0 N–H and O–H groups in total. The van der Waals surface area contributed by atoms with E-state index >= 15 is 0 Å². The molecule has 0 aromatic heterocycles. The Labute approximate surface area is 109 Å². The Balaban J connectivity index is 2.13. The first-order valence-electron chi connectivity index (χ1n) is 5.63. The van der Waals surface area contributed by atoms with Gasteiger partial charge in [-0.3, -0.25) is 14.4 Å². The van der Waals surface area contributed by atoms with Crippen LogP contribution in [0, 0.1) is 11.2 Å². The molecule has 0 atom stereocenters. The molecule has 6 nitrogen and oxygen atoms in total. The van der Waals surface area contributed by atoms with E-state index in [1.54, 1.807) is 19.0 Å². The number of carbonyl (C=O) groups excluding carboxylic acids is 3. The summed E-state index contributed by atoms with van der Waals surface area (Å²) in [5, 5.41) is 9.03. The van der Waals surface area contributed by atoms with Gasteiger partial charge in [0.15, 0.2) is 0 Å². The molecule has 0 fully saturated rings. The fourth-order valence-electron chi connectivity index (χ4n) is 1.68. The summed E-state index contributed by atoms with van der Waals surface area (Å²) in [5.41, 5.74) is 0.405. The lowest BCUT2D eigenvalue weighted by atomic mass is 9.51. The number of benzene rings is 1. The lowest BCUT2D eigenvalue weighted by molar-refractivity contribution is -0.165. The number of hydroxylamine groups is 2. The van der Waals surface area contributed by atoms with E-state index in [1.165, 1.54) is 12.1 Å². The molecule has 19 heavy (non-hydrogen) atoms. The Morgan fingerprint density at radius 3 is 2.32 bits per heavy atom. The summed E-state index contributed by atoms with van der Waals surface area (Å²) in [5.74, 6) is -0.253. The molecule has 1 aromatic carbocycles. The smallest absolute Gasteiger partial charge is 0.327 e. The van der Waals surface area contributed by atoms with Gasteiger partial charge < -0.3 is 4.84 Å². The van der Waals surface area contributed by atoms with Crippen LogP contribution in [0.2, 0.25) is 13.1 Å². The van der Waals surface area contributed by atoms with Gasteiger partial charge in [0, 0.05) is 12.3 Å². The van der Waals surface area contributed by atoms with Gasteiger partial charge in [-0.05, 0) is 12.1 Å². The second-order valence-corrected chi connectivity index (χ2v) is 4.15. The fourth-order valence-corrected chi connectivity index (χ4v) is 1.68. The first-order chi connectivity index (χ1) is 9.04. The van der Waals surface area contributed by atoms with Gasteiger partial charge in [0.2, 0.25) is 0 Å². The molecule has 1 aliphatic heterocycles. The van der Waals surface area contributed by atoms with Crippen molar-refractivity contribution in [3.63, 3.8) is 0 Å². The quantitative estimate of drug-likeness (QED) is 0.592. The average molecular weight is 256 g/mol. The second kappa shape index (κ2) is 4.94. The lowest BCUT2D eigenvalue weighted by Gasteiger charge is -2.12. The van der Waals surface area contributed by atoms with Gasteiger partial charge in [-0.15, -0.1) is 0 Å². The van der Waals surface area contributed by atoms with E-state index in [1.807, 2.05) is 5.97 Å². The molecule has 0 aliphatic carbocycles. The first-order valence-corrected chi connectivity index (χ1v) is 5.63. The van der Waals surface area contributed by atoms with Crippen molar-refractivity contribution in [1.29, 1.82) is 5.26 Å². The van der Waals surface area contributed by atoms with Crippen molar-refractivity contribution in [3.05, 3.63) is 35.4 Å². The van der Waals surface area contributed by atoms with Crippen molar-refractivity contribution in [2.24, 2.45) is 0 Å². The molecule has 7 heteroatoms. The third kappa shape index (κ3) is 2.33. The summed E-state index contributed by atoms with van der Waals surface area (Å²) in [4.78, 5) is 39.9. The lowest BCUT2D eigenvalue weighted by Crippen LogP contribution is -2.33. The van der Waals surface area contributed by atoms with E-state index in [0.29, 0.717) is 5.06 Å². The van der Waals surface area contributed by atoms with Crippen LogP contribution in [0.15, 0.2) is 24.3 Å². The molecule has 0 unspecified atom stereocenters. The topological polar surface area (TPSA) is 87.5 Å². The Kier molecular flexibility index (Phi) is 3.34. The maximum atomic E-state index is 11.9. The van der Waals surface area contributed by atoms with Crippen LogP contribution in [0.25, 0.3) is 0 Å². The minimum atomic E-state index is -0.788. The number of rotatable bonds is 3. The number of carbonyl (C=O) groups is 3. The van der Waals surface area contributed by atoms with Crippen molar-refractivity contribution in [3.8, 4) is 5.97 Å². The fraction of sp³-hybridized carbons (Fsp3) is 0.167. The van der Waals surface area contributed by atoms with Crippen molar-refractivity contribution < 1.29 is 19.2 Å². The van der Waals surface area contributed by atoms with Crippen LogP contribution in [-0.2, 0) is 9.63 Å². The van der Waals surface area contributed by atoms with Gasteiger partial charge >= 0.3 is 5.97 Å². The van der Waals surface area contributed by atoms with Crippen molar-refractivity contribution in [2.75, 3.05) is 0 Å². The number of nitrogens with zero attached hydrogens (tertiary/aromatic N) is 2. The first kappa shape index (κ1) is 12.8.